The SMILES string of the molecule is C1CCC2(CC1)CCC2N1CCC(NCC2CC2)CC1. The number of likely N-dealkylation sites (tertiary alicyclic amines) is 1. The lowest BCUT2D eigenvalue weighted by Gasteiger charge is -2.57. The summed E-state index contributed by atoms with van der Waals surface area (Å²) in [6, 6.07) is 1.79. The van der Waals surface area contributed by atoms with Crippen LogP contribution in [0.1, 0.15) is 70.6 Å². The summed E-state index contributed by atoms with van der Waals surface area (Å²) in [5.41, 5.74) is 0.770. The van der Waals surface area contributed by atoms with Crippen molar-refractivity contribution in [2.24, 2.45) is 11.3 Å². The summed E-state index contributed by atoms with van der Waals surface area (Å²) in [5.74, 6) is 1.03. The first-order chi connectivity index (χ1) is 9.86. The second-order valence-corrected chi connectivity index (χ2v) is 8.14. The van der Waals surface area contributed by atoms with Gasteiger partial charge in [0.2, 0.25) is 0 Å². The summed E-state index contributed by atoms with van der Waals surface area (Å²) in [5, 5.41) is 3.82. The Bertz CT molecular complexity index is 322. The minimum Gasteiger partial charge on any atom is -0.314 e. The van der Waals surface area contributed by atoms with Crippen molar-refractivity contribution in [2.75, 3.05) is 19.6 Å². The van der Waals surface area contributed by atoms with E-state index in [1.54, 1.807) is 0 Å². The standard InChI is InChI=1S/C18H32N2/c1-2-9-18(10-3-1)11-6-17(18)20-12-7-16(8-13-20)19-14-15-4-5-15/h15-17,19H,1-14H2. The average molecular weight is 276 g/mol. The molecule has 3 saturated carbocycles. The van der Waals surface area contributed by atoms with Crippen molar-refractivity contribution in [3.8, 4) is 0 Å². The van der Waals surface area contributed by atoms with E-state index in [1.165, 1.54) is 90.3 Å². The molecule has 1 atom stereocenters. The van der Waals surface area contributed by atoms with Crippen LogP contribution in [0.5, 0.6) is 0 Å². The van der Waals surface area contributed by atoms with E-state index in [0.29, 0.717) is 0 Å². The molecule has 0 aromatic heterocycles. The van der Waals surface area contributed by atoms with Crippen LogP contribution in [0.3, 0.4) is 0 Å². The molecule has 0 aromatic carbocycles. The molecule has 1 unspecified atom stereocenters. The smallest absolute Gasteiger partial charge is 0.0152 e. The summed E-state index contributed by atoms with van der Waals surface area (Å²) < 4.78 is 0. The minimum absolute atomic E-state index is 0.770. The second kappa shape index (κ2) is 5.61. The van der Waals surface area contributed by atoms with Crippen molar-refractivity contribution in [3.05, 3.63) is 0 Å². The van der Waals surface area contributed by atoms with Gasteiger partial charge in [0, 0.05) is 12.1 Å². The zero-order valence-corrected chi connectivity index (χ0v) is 13.1. The lowest BCUT2D eigenvalue weighted by molar-refractivity contribution is -0.0619. The van der Waals surface area contributed by atoms with Crippen LogP contribution in [-0.4, -0.2) is 36.6 Å². The molecule has 0 amide bonds. The highest BCUT2D eigenvalue weighted by molar-refractivity contribution is 5.03. The quantitative estimate of drug-likeness (QED) is 0.844. The van der Waals surface area contributed by atoms with Gasteiger partial charge in [0.05, 0.1) is 0 Å². The van der Waals surface area contributed by atoms with Gasteiger partial charge in [0.25, 0.3) is 0 Å². The van der Waals surface area contributed by atoms with E-state index in [-0.39, 0.29) is 0 Å². The van der Waals surface area contributed by atoms with Crippen molar-refractivity contribution in [1.82, 2.24) is 10.2 Å². The van der Waals surface area contributed by atoms with Gasteiger partial charge in [-0.2, -0.15) is 0 Å². The van der Waals surface area contributed by atoms with Crippen LogP contribution in [0.25, 0.3) is 0 Å². The van der Waals surface area contributed by atoms with E-state index in [4.69, 9.17) is 0 Å². The number of hydrogen-bond donors (Lipinski definition) is 1. The maximum Gasteiger partial charge on any atom is 0.0152 e. The molecule has 2 nitrogen and oxygen atoms in total. The Kier molecular flexibility index (Phi) is 3.80. The lowest BCUT2D eigenvalue weighted by atomic mass is 9.56. The van der Waals surface area contributed by atoms with Crippen LogP contribution in [-0.2, 0) is 0 Å². The number of piperidine rings is 1. The number of rotatable bonds is 4. The molecule has 2 heteroatoms. The van der Waals surface area contributed by atoms with Gasteiger partial charge in [-0.3, -0.25) is 4.90 Å². The maximum atomic E-state index is 3.82. The molecule has 4 fully saturated rings. The van der Waals surface area contributed by atoms with Crippen molar-refractivity contribution in [2.45, 2.75) is 82.7 Å². The molecule has 0 radical (unpaired) electrons. The Morgan fingerprint density at radius 3 is 2.20 bits per heavy atom. The highest BCUT2D eigenvalue weighted by Gasteiger charge is 2.49. The number of nitrogens with one attached hydrogen (secondary N) is 1. The zero-order valence-electron chi connectivity index (χ0n) is 13.1. The third kappa shape index (κ3) is 2.66. The van der Waals surface area contributed by atoms with E-state index in [1.807, 2.05) is 0 Å². The van der Waals surface area contributed by atoms with Gasteiger partial charge < -0.3 is 5.32 Å². The molecular weight excluding hydrogens is 244 g/mol. The molecule has 20 heavy (non-hydrogen) atoms. The molecule has 1 N–H and O–H groups in total. The first-order valence-electron chi connectivity index (χ1n) is 9.33. The highest BCUT2D eigenvalue weighted by Crippen LogP contribution is 2.54. The Morgan fingerprint density at radius 2 is 1.60 bits per heavy atom. The van der Waals surface area contributed by atoms with Gasteiger partial charge in [0.15, 0.2) is 0 Å². The lowest BCUT2D eigenvalue weighted by Crippen LogP contribution is -2.58. The van der Waals surface area contributed by atoms with E-state index in [2.05, 4.69) is 10.2 Å². The largest absolute Gasteiger partial charge is 0.314 e. The van der Waals surface area contributed by atoms with Crippen molar-refractivity contribution in [3.63, 3.8) is 0 Å². The van der Waals surface area contributed by atoms with Crippen molar-refractivity contribution >= 4 is 0 Å². The van der Waals surface area contributed by atoms with E-state index in [9.17, 15) is 0 Å². The van der Waals surface area contributed by atoms with Gasteiger partial charge in [-0.25, -0.2) is 0 Å². The Hall–Kier alpha value is -0.0800. The predicted molar refractivity (Wildman–Crippen MR) is 83.9 cm³/mol. The van der Waals surface area contributed by atoms with Crippen LogP contribution in [0.15, 0.2) is 0 Å². The Morgan fingerprint density at radius 1 is 0.850 bits per heavy atom. The maximum absolute atomic E-state index is 3.82. The summed E-state index contributed by atoms with van der Waals surface area (Å²) in [4.78, 5) is 2.88. The molecular formula is C18H32N2. The Labute approximate surface area is 124 Å². The monoisotopic (exact) mass is 276 g/mol. The molecule has 4 aliphatic rings. The van der Waals surface area contributed by atoms with E-state index < -0.39 is 0 Å². The highest BCUT2D eigenvalue weighted by atomic mass is 15.2. The fraction of sp³-hybridized carbons (Fsp3) is 1.00. The molecule has 1 spiro atoms. The topological polar surface area (TPSA) is 15.3 Å². The first-order valence-corrected chi connectivity index (χ1v) is 9.33. The fourth-order valence-electron chi connectivity index (χ4n) is 5.16. The number of nitrogens with zero attached hydrogens (tertiary/aromatic N) is 1. The predicted octanol–water partition coefficient (Wildman–Crippen LogP) is 3.56. The van der Waals surface area contributed by atoms with Crippen molar-refractivity contribution < 1.29 is 0 Å². The molecule has 0 aromatic rings. The summed E-state index contributed by atoms with van der Waals surface area (Å²) >= 11 is 0. The molecule has 1 saturated heterocycles. The third-order valence-electron chi connectivity index (χ3n) is 6.83. The number of hydrogen-bond acceptors (Lipinski definition) is 2. The summed E-state index contributed by atoms with van der Waals surface area (Å²) in [7, 11) is 0. The van der Waals surface area contributed by atoms with Crippen LogP contribution in [0.2, 0.25) is 0 Å². The normalized spacial score (nSPS) is 35.1. The van der Waals surface area contributed by atoms with Gasteiger partial charge in [0.1, 0.15) is 0 Å². The molecule has 1 aliphatic heterocycles. The van der Waals surface area contributed by atoms with Gasteiger partial charge >= 0.3 is 0 Å². The summed E-state index contributed by atoms with van der Waals surface area (Å²) in [6.45, 7) is 4.04. The molecule has 3 aliphatic carbocycles. The van der Waals surface area contributed by atoms with E-state index >= 15 is 0 Å². The van der Waals surface area contributed by atoms with Crippen LogP contribution < -0.4 is 5.32 Å². The molecule has 0 bridgehead atoms. The summed E-state index contributed by atoms with van der Waals surface area (Å²) in [6.07, 6.45) is 16.4. The van der Waals surface area contributed by atoms with Gasteiger partial charge in [-0.1, -0.05) is 19.3 Å². The molecule has 114 valence electrons. The van der Waals surface area contributed by atoms with Crippen LogP contribution in [0, 0.1) is 11.3 Å². The van der Waals surface area contributed by atoms with Gasteiger partial charge in [-0.15, -0.1) is 0 Å². The van der Waals surface area contributed by atoms with E-state index in [0.717, 1.165) is 23.4 Å². The molecule has 4 rings (SSSR count). The van der Waals surface area contributed by atoms with Gasteiger partial charge in [-0.05, 0) is 82.3 Å². The minimum atomic E-state index is 0.770. The van der Waals surface area contributed by atoms with Crippen LogP contribution in [0.4, 0.5) is 0 Å². The van der Waals surface area contributed by atoms with Crippen LogP contribution >= 0.6 is 0 Å². The zero-order chi connectivity index (χ0) is 13.4. The van der Waals surface area contributed by atoms with Crippen molar-refractivity contribution in [1.29, 1.82) is 0 Å². The Balaban J connectivity index is 1.26. The second-order valence-electron chi connectivity index (χ2n) is 8.14. The first kappa shape index (κ1) is 13.6. The molecule has 1 heterocycles. The fourth-order valence-corrected chi connectivity index (χ4v) is 5.16. The average Bonchev–Trinajstić information content (AvgIpc) is 3.31. The third-order valence-corrected chi connectivity index (χ3v) is 6.83.